The van der Waals surface area contributed by atoms with E-state index >= 15 is 0 Å². The number of amides is 1. The fourth-order valence-corrected chi connectivity index (χ4v) is 4.03. The van der Waals surface area contributed by atoms with Gasteiger partial charge >= 0.3 is 0 Å². The Morgan fingerprint density at radius 3 is 2.63 bits per heavy atom. The lowest BCUT2D eigenvalue weighted by Crippen LogP contribution is -2.39. The topological polar surface area (TPSA) is 51.0 Å². The molecule has 0 bridgehead atoms. The van der Waals surface area contributed by atoms with Gasteiger partial charge in [0.1, 0.15) is 0 Å². The third-order valence-electron chi connectivity index (χ3n) is 5.49. The zero-order chi connectivity index (χ0) is 19.1. The number of likely N-dealkylation sites (tertiary alicyclic amines) is 1. The maximum absolute atomic E-state index is 13.4. The largest absolute Gasteiger partial charge is 0.338 e. The number of nitrogens with zero attached hydrogens (tertiary/aromatic N) is 4. The Hall–Kier alpha value is -2.69. The summed E-state index contributed by atoms with van der Waals surface area (Å²) in [4.78, 5) is 20.2. The van der Waals surface area contributed by atoms with Gasteiger partial charge in [-0.05, 0) is 38.7 Å². The summed E-state index contributed by atoms with van der Waals surface area (Å²) in [5.74, 6) is 0.644. The van der Waals surface area contributed by atoms with Crippen molar-refractivity contribution in [3.8, 4) is 11.3 Å². The minimum Gasteiger partial charge on any atom is -0.338 e. The second-order valence-corrected chi connectivity index (χ2v) is 7.83. The molecule has 27 heavy (non-hydrogen) atoms. The Bertz CT molecular complexity index is 1000. The molecule has 3 aromatic rings. The molecule has 1 aliphatic rings. The number of fused-ring (bicyclic) bond motifs is 1. The van der Waals surface area contributed by atoms with Gasteiger partial charge in [-0.25, -0.2) is 4.98 Å². The number of piperidine rings is 1. The standard InChI is InChI=1S/C22H26N4O/c1-14-7-9-17(10-8-14)19-12-18(20-16(3)24-25(4)21(20)23-19)22(27)26-11-5-6-15(2)13-26/h7-10,12,15H,5-6,11,13H2,1-4H3/t15-/m0/s1. The van der Waals surface area contributed by atoms with Gasteiger partial charge in [-0.2, -0.15) is 5.10 Å². The predicted octanol–water partition coefficient (Wildman–Crippen LogP) is 4.12. The molecule has 5 heteroatoms. The molecule has 1 aliphatic heterocycles. The van der Waals surface area contributed by atoms with Crippen molar-refractivity contribution in [2.75, 3.05) is 13.1 Å². The van der Waals surface area contributed by atoms with Gasteiger partial charge in [0.15, 0.2) is 5.65 Å². The van der Waals surface area contributed by atoms with Crippen LogP contribution >= 0.6 is 0 Å². The number of rotatable bonds is 2. The summed E-state index contributed by atoms with van der Waals surface area (Å²) in [6.07, 6.45) is 2.26. The van der Waals surface area contributed by atoms with Gasteiger partial charge in [0.05, 0.1) is 22.3 Å². The molecule has 1 aromatic carbocycles. The molecule has 0 N–H and O–H groups in total. The van der Waals surface area contributed by atoms with E-state index in [0.29, 0.717) is 5.92 Å². The van der Waals surface area contributed by atoms with Crippen molar-refractivity contribution >= 4 is 16.9 Å². The average Bonchev–Trinajstić information content (AvgIpc) is 2.95. The third-order valence-corrected chi connectivity index (χ3v) is 5.49. The monoisotopic (exact) mass is 362 g/mol. The molecule has 0 aliphatic carbocycles. The zero-order valence-electron chi connectivity index (χ0n) is 16.5. The SMILES string of the molecule is Cc1ccc(-c2cc(C(=O)N3CCC[C@H](C)C3)c3c(C)nn(C)c3n2)cc1. The quantitative estimate of drug-likeness (QED) is 0.689. The fraction of sp³-hybridized carbons (Fsp3) is 0.409. The Labute approximate surface area is 160 Å². The highest BCUT2D eigenvalue weighted by Gasteiger charge is 2.26. The molecular formula is C22H26N4O. The summed E-state index contributed by atoms with van der Waals surface area (Å²) in [7, 11) is 1.89. The van der Waals surface area contributed by atoms with Crippen molar-refractivity contribution in [2.45, 2.75) is 33.6 Å². The van der Waals surface area contributed by atoms with Gasteiger partial charge in [-0.15, -0.1) is 0 Å². The highest BCUT2D eigenvalue weighted by molar-refractivity contribution is 6.07. The molecular weight excluding hydrogens is 336 g/mol. The predicted molar refractivity (Wildman–Crippen MR) is 108 cm³/mol. The Kier molecular flexibility index (Phi) is 4.46. The van der Waals surface area contributed by atoms with Gasteiger partial charge < -0.3 is 4.90 Å². The number of pyridine rings is 1. The Morgan fingerprint density at radius 2 is 1.93 bits per heavy atom. The molecule has 1 saturated heterocycles. The van der Waals surface area contributed by atoms with Crippen LogP contribution in [0.2, 0.25) is 0 Å². The molecule has 3 heterocycles. The van der Waals surface area contributed by atoms with Crippen molar-refractivity contribution in [1.82, 2.24) is 19.7 Å². The van der Waals surface area contributed by atoms with Crippen LogP contribution in [0.4, 0.5) is 0 Å². The van der Waals surface area contributed by atoms with Gasteiger partial charge in [0.25, 0.3) is 5.91 Å². The molecule has 2 aromatic heterocycles. The van der Waals surface area contributed by atoms with E-state index in [-0.39, 0.29) is 5.91 Å². The van der Waals surface area contributed by atoms with Gasteiger partial charge in [-0.1, -0.05) is 36.8 Å². The molecule has 1 fully saturated rings. The maximum atomic E-state index is 13.4. The Balaban J connectivity index is 1.87. The number of carbonyl (C=O) groups is 1. The molecule has 140 valence electrons. The molecule has 1 amide bonds. The first-order valence-corrected chi connectivity index (χ1v) is 9.64. The second kappa shape index (κ2) is 6.80. The number of aromatic nitrogens is 3. The van der Waals surface area contributed by atoms with Crippen molar-refractivity contribution in [1.29, 1.82) is 0 Å². The number of hydrogen-bond donors (Lipinski definition) is 0. The lowest BCUT2D eigenvalue weighted by atomic mass is 9.98. The first-order valence-electron chi connectivity index (χ1n) is 9.64. The van der Waals surface area contributed by atoms with Crippen LogP contribution in [0.3, 0.4) is 0 Å². The number of benzene rings is 1. The lowest BCUT2D eigenvalue weighted by molar-refractivity contribution is 0.0685. The zero-order valence-corrected chi connectivity index (χ0v) is 16.5. The summed E-state index contributed by atoms with van der Waals surface area (Å²) < 4.78 is 1.78. The normalized spacial score (nSPS) is 17.5. The molecule has 4 rings (SSSR count). The van der Waals surface area contributed by atoms with Crippen LogP contribution in [-0.2, 0) is 7.05 Å². The highest BCUT2D eigenvalue weighted by Crippen LogP contribution is 2.29. The van der Waals surface area contributed by atoms with Gasteiger partial charge in [-0.3, -0.25) is 9.48 Å². The second-order valence-electron chi connectivity index (χ2n) is 7.83. The number of carbonyl (C=O) groups excluding carboxylic acids is 1. The van der Waals surface area contributed by atoms with Gasteiger partial charge in [0, 0.05) is 25.7 Å². The van der Waals surface area contributed by atoms with E-state index in [1.54, 1.807) is 4.68 Å². The van der Waals surface area contributed by atoms with Crippen LogP contribution < -0.4 is 0 Å². The summed E-state index contributed by atoms with van der Waals surface area (Å²) >= 11 is 0. The van der Waals surface area contributed by atoms with Crippen LogP contribution in [0, 0.1) is 19.8 Å². The molecule has 0 saturated carbocycles. The van der Waals surface area contributed by atoms with E-state index in [9.17, 15) is 4.79 Å². The van der Waals surface area contributed by atoms with Crippen LogP contribution in [0.5, 0.6) is 0 Å². The Morgan fingerprint density at radius 1 is 1.19 bits per heavy atom. The average molecular weight is 362 g/mol. The van der Waals surface area contributed by atoms with Crippen LogP contribution in [0.15, 0.2) is 30.3 Å². The molecule has 0 radical (unpaired) electrons. The molecule has 1 atom stereocenters. The van der Waals surface area contributed by atoms with Crippen molar-refractivity contribution in [2.24, 2.45) is 13.0 Å². The number of aryl methyl sites for hydroxylation is 3. The van der Waals surface area contributed by atoms with Crippen LogP contribution in [-0.4, -0.2) is 38.7 Å². The first kappa shape index (κ1) is 17.7. The third kappa shape index (κ3) is 3.22. The van der Waals surface area contributed by atoms with Crippen LogP contribution in [0.1, 0.15) is 41.4 Å². The number of hydrogen-bond acceptors (Lipinski definition) is 3. The minimum absolute atomic E-state index is 0.0958. The van der Waals surface area contributed by atoms with E-state index < -0.39 is 0 Å². The van der Waals surface area contributed by atoms with Crippen molar-refractivity contribution < 1.29 is 4.79 Å². The van der Waals surface area contributed by atoms with E-state index in [2.05, 4.69) is 43.2 Å². The summed E-state index contributed by atoms with van der Waals surface area (Å²) in [6, 6.07) is 10.2. The fourth-order valence-electron chi connectivity index (χ4n) is 4.03. The van der Waals surface area contributed by atoms with E-state index in [1.165, 1.54) is 12.0 Å². The first-order chi connectivity index (χ1) is 12.9. The van der Waals surface area contributed by atoms with E-state index in [1.807, 2.05) is 24.9 Å². The summed E-state index contributed by atoms with van der Waals surface area (Å²) in [5.41, 5.74) is 5.37. The lowest BCUT2D eigenvalue weighted by Gasteiger charge is -2.31. The van der Waals surface area contributed by atoms with E-state index in [4.69, 9.17) is 4.98 Å². The highest BCUT2D eigenvalue weighted by atomic mass is 16.2. The van der Waals surface area contributed by atoms with E-state index in [0.717, 1.165) is 53.1 Å². The maximum Gasteiger partial charge on any atom is 0.254 e. The summed E-state index contributed by atoms with van der Waals surface area (Å²) in [5, 5.41) is 5.40. The summed E-state index contributed by atoms with van der Waals surface area (Å²) in [6.45, 7) is 7.88. The van der Waals surface area contributed by atoms with Crippen molar-refractivity contribution in [3.63, 3.8) is 0 Å². The molecule has 0 spiro atoms. The van der Waals surface area contributed by atoms with Gasteiger partial charge in [0.2, 0.25) is 0 Å². The minimum atomic E-state index is 0.0958. The van der Waals surface area contributed by atoms with Crippen molar-refractivity contribution in [3.05, 3.63) is 47.2 Å². The smallest absolute Gasteiger partial charge is 0.254 e. The molecule has 0 unspecified atom stereocenters. The molecule has 5 nitrogen and oxygen atoms in total. The van der Waals surface area contributed by atoms with Crippen LogP contribution in [0.25, 0.3) is 22.3 Å².